The van der Waals surface area contributed by atoms with E-state index in [-0.39, 0.29) is 11.7 Å². The van der Waals surface area contributed by atoms with E-state index in [0.717, 1.165) is 16.3 Å². The molecule has 3 rings (SSSR count). The largest absolute Gasteiger partial charge is 0.495 e. The molecule has 0 aromatic heterocycles. The average Bonchev–Trinajstić information content (AvgIpc) is 2.76. The summed E-state index contributed by atoms with van der Waals surface area (Å²) in [6, 6.07) is 20.2. The fourth-order valence-corrected chi connectivity index (χ4v) is 3.96. The number of methoxy groups -OCH3 is 1. The number of nitrogens with one attached hydrogen (secondary N) is 3. The second-order valence-corrected chi connectivity index (χ2v) is 8.49. The van der Waals surface area contributed by atoms with E-state index in [0.29, 0.717) is 26.6 Å². The van der Waals surface area contributed by atoms with E-state index >= 15 is 0 Å². The number of halogens is 2. The molecular formula is C22H19Cl2N3O2S2. The summed E-state index contributed by atoms with van der Waals surface area (Å²) in [6.45, 7) is 0. The maximum Gasteiger partial charge on any atom is 0.234 e. The fraction of sp³-hybridized carbons (Fsp3) is 0.0909. The normalized spacial score (nSPS) is 10.3. The standard InChI is InChI=1S/C22H19Cl2N3O2S2/c1-29-19-11-3-2-9-17(19)27-22(30)25-14-6-4-7-15(12-14)31-13-20(28)26-18-10-5-8-16(23)21(18)24/h2-12H,13H2,1H3,(H,26,28)(H2,25,27,30). The molecule has 0 aliphatic carbocycles. The maximum absolute atomic E-state index is 12.3. The first-order valence-corrected chi connectivity index (χ1v) is 11.3. The van der Waals surface area contributed by atoms with Crippen LogP contribution in [0.15, 0.2) is 71.6 Å². The molecule has 0 atom stereocenters. The highest BCUT2D eigenvalue weighted by Crippen LogP contribution is 2.30. The average molecular weight is 492 g/mol. The van der Waals surface area contributed by atoms with Crippen molar-refractivity contribution in [3.8, 4) is 5.75 Å². The third-order valence-corrected chi connectivity index (χ3v) is 6.06. The molecular weight excluding hydrogens is 473 g/mol. The molecule has 0 bridgehead atoms. The number of thioether (sulfide) groups is 1. The maximum atomic E-state index is 12.3. The van der Waals surface area contributed by atoms with Crippen LogP contribution in [-0.2, 0) is 4.79 Å². The van der Waals surface area contributed by atoms with Crippen molar-refractivity contribution in [3.05, 3.63) is 76.8 Å². The van der Waals surface area contributed by atoms with E-state index in [2.05, 4.69) is 16.0 Å². The fourth-order valence-electron chi connectivity index (χ4n) is 2.63. The second kappa shape index (κ2) is 11.2. The Kier molecular flexibility index (Phi) is 8.43. The zero-order chi connectivity index (χ0) is 22.2. The number of benzene rings is 3. The predicted octanol–water partition coefficient (Wildman–Crippen LogP) is 6.54. The highest BCUT2D eigenvalue weighted by atomic mass is 35.5. The number of thiocarbonyl (C=S) groups is 1. The number of para-hydroxylation sites is 2. The van der Waals surface area contributed by atoms with Crippen LogP contribution >= 0.6 is 47.2 Å². The van der Waals surface area contributed by atoms with Gasteiger partial charge in [0.05, 0.1) is 34.3 Å². The number of amides is 1. The Bertz CT molecular complexity index is 1100. The lowest BCUT2D eigenvalue weighted by Crippen LogP contribution is -2.19. The molecule has 0 fully saturated rings. The lowest BCUT2D eigenvalue weighted by Gasteiger charge is -2.14. The van der Waals surface area contributed by atoms with Crippen molar-refractivity contribution in [2.45, 2.75) is 4.90 Å². The summed E-state index contributed by atoms with van der Waals surface area (Å²) in [5.41, 5.74) is 2.06. The topological polar surface area (TPSA) is 62.4 Å². The molecule has 0 unspecified atom stereocenters. The first-order chi connectivity index (χ1) is 15.0. The van der Waals surface area contributed by atoms with Crippen LogP contribution in [0.2, 0.25) is 10.0 Å². The van der Waals surface area contributed by atoms with Crippen LogP contribution in [0.1, 0.15) is 0 Å². The molecule has 0 saturated heterocycles. The van der Waals surface area contributed by atoms with Gasteiger partial charge in [0, 0.05) is 10.6 Å². The van der Waals surface area contributed by atoms with Gasteiger partial charge in [-0.2, -0.15) is 0 Å². The minimum atomic E-state index is -0.180. The van der Waals surface area contributed by atoms with Gasteiger partial charge >= 0.3 is 0 Å². The third kappa shape index (κ3) is 6.77. The first kappa shape index (κ1) is 23.2. The van der Waals surface area contributed by atoms with Crippen molar-refractivity contribution in [2.75, 3.05) is 28.8 Å². The summed E-state index contributed by atoms with van der Waals surface area (Å²) < 4.78 is 5.32. The van der Waals surface area contributed by atoms with Gasteiger partial charge in [-0.15, -0.1) is 11.8 Å². The van der Waals surface area contributed by atoms with Crippen LogP contribution in [-0.4, -0.2) is 23.9 Å². The Morgan fingerprint density at radius 2 is 1.71 bits per heavy atom. The Morgan fingerprint density at radius 1 is 0.968 bits per heavy atom. The van der Waals surface area contributed by atoms with Crippen molar-refractivity contribution >= 4 is 75.3 Å². The minimum absolute atomic E-state index is 0.180. The van der Waals surface area contributed by atoms with Crippen molar-refractivity contribution in [1.29, 1.82) is 0 Å². The number of carbonyl (C=O) groups excluding carboxylic acids is 1. The quantitative estimate of drug-likeness (QED) is 0.257. The van der Waals surface area contributed by atoms with Gasteiger partial charge in [-0.1, -0.05) is 47.5 Å². The monoisotopic (exact) mass is 491 g/mol. The minimum Gasteiger partial charge on any atom is -0.495 e. The molecule has 3 aromatic carbocycles. The molecule has 3 aromatic rings. The number of hydrogen-bond donors (Lipinski definition) is 3. The van der Waals surface area contributed by atoms with Crippen LogP contribution in [0.3, 0.4) is 0 Å². The number of hydrogen-bond acceptors (Lipinski definition) is 4. The number of carbonyl (C=O) groups is 1. The van der Waals surface area contributed by atoms with Crippen molar-refractivity contribution in [2.24, 2.45) is 0 Å². The van der Waals surface area contributed by atoms with E-state index in [1.54, 1.807) is 25.3 Å². The zero-order valence-corrected chi connectivity index (χ0v) is 19.6. The molecule has 0 heterocycles. The van der Waals surface area contributed by atoms with Crippen LogP contribution in [0.25, 0.3) is 0 Å². The van der Waals surface area contributed by atoms with E-state index in [1.807, 2.05) is 48.5 Å². The van der Waals surface area contributed by atoms with Crippen LogP contribution in [0.4, 0.5) is 17.1 Å². The Hall–Kier alpha value is -2.45. The summed E-state index contributed by atoms with van der Waals surface area (Å²) in [4.78, 5) is 13.2. The van der Waals surface area contributed by atoms with Gasteiger partial charge in [0.2, 0.25) is 5.91 Å². The van der Waals surface area contributed by atoms with E-state index < -0.39 is 0 Å². The molecule has 0 spiro atoms. The van der Waals surface area contributed by atoms with Gasteiger partial charge in [-0.25, -0.2) is 0 Å². The highest BCUT2D eigenvalue weighted by Gasteiger charge is 2.10. The summed E-state index contributed by atoms with van der Waals surface area (Å²) in [7, 11) is 1.61. The van der Waals surface area contributed by atoms with Gasteiger partial charge in [-0.3, -0.25) is 4.79 Å². The first-order valence-electron chi connectivity index (χ1n) is 9.14. The lowest BCUT2D eigenvalue weighted by molar-refractivity contribution is -0.113. The predicted molar refractivity (Wildman–Crippen MR) is 135 cm³/mol. The van der Waals surface area contributed by atoms with Gasteiger partial charge in [-0.05, 0) is 54.7 Å². The van der Waals surface area contributed by atoms with Crippen molar-refractivity contribution in [1.82, 2.24) is 0 Å². The summed E-state index contributed by atoms with van der Waals surface area (Å²) in [5.74, 6) is 0.735. The van der Waals surface area contributed by atoms with E-state index in [9.17, 15) is 4.79 Å². The Labute approximate surface area is 200 Å². The SMILES string of the molecule is COc1ccccc1NC(=S)Nc1cccc(SCC(=O)Nc2cccc(Cl)c2Cl)c1. The van der Waals surface area contributed by atoms with Gasteiger partial charge in [0.1, 0.15) is 5.75 Å². The summed E-state index contributed by atoms with van der Waals surface area (Å²) >= 11 is 18.9. The van der Waals surface area contributed by atoms with E-state index in [4.69, 9.17) is 40.2 Å². The molecule has 31 heavy (non-hydrogen) atoms. The van der Waals surface area contributed by atoms with E-state index in [1.165, 1.54) is 11.8 Å². The smallest absolute Gasteiger partial charge is 0.234 e. The molecule has 0 saturated carbocycles. The van der Waals surface area contributed by atoms with Crippen molar-refractivity contribution < 1.29 is 9.53 Å². The highest BCUT2D eigenvalue weighted by molar-refractivity contribution is 8.00. The molecule has 0 aliphatic heterocycles. The van der Waals surface area contributed by atoms with Gasteiger partial charge in [0.25, 0.3) is 0 Å². The lowest BCUT2D eigenvalue weighted by atomic mass is 10.3. The summed E-state index contributed by atoms with van der Waals surface area (Å²) in [5, 5.41) is 10.2. The van der Waals surface area contributed by atoms with Crippen molar-refractivity contribution in [3.63, 3.8) is 0 Å². The van der Waals surface area contributed by atoms with Gasteiger partial charge < -0.3 is 20.7 Å². The zero-order valence-electron chi connectivity index (χ0n) is 16.4. The molecule has 9 heteroatoms. The Balaban J connectivity index is 1.55. The second-order valence-electron chi connectivity index (χ2n) is 6.25. The third-order valence-electron chi connectivity index (χ3n) is 4.04. The molecule has 1 amide bonds. The molecule has 0 aliphatic rings. The number of rotatable bonds is 7. The molecule has 0 radical (unpaired) electrons. The molecule has 3 N–H and O–H groups in total. The number of ether oxygens (including phenoxy) is 1. The molecule has 5 nitrogen and oxygen atoms in total. The van der Waals surface area contributed by atoms with Crippen LogP contribution < -0.4 is 20.7 Å². The van der Waals surface area contributed by atoms with Crippen LogP contribution in [0, 0.1) is 0 Å². The Morgan fingerprint density at radius 3 is 2.52 bits per heavy atom. The number of anilines is 3. The van der Waals surface area contributed by atoms with Crippen LogP contribution in [0.5, 0.6) is 5.75 Å². The van der Waals surface area contributed by atoms with Gasteiger partial charge in [0.15, 0.2) is 5.11 Å². The molecule has 160 valence electrons. The summed E-state index contributed by atoms with van der Waals surface area (Å²) in [6.07, 6.45) is 0.